The van der Waals surface area contributed by atoms with Crippen LogP contribution in [-0.4, -0.2) is 24.1 Å². The zero-order valence-electron chi connectivity index (χ0n) is 9.38. The van der Waals surface area contributed by atoms with Crippen molar-refractivity contribution >= 4 is 22.4 Å². The molecule has 1 aliphatic rings. The van der Waals surface area contributed by atoms with E-state index in [4.69, 9.17) is 9.47 Å². The van der Waals surface area contributed by atoms with Crippen LogP contribution in [0.15, 0.2) is 29.8 Å². The molecule has 0 spiro atoms. The number of hydrogen-bond acceptors (Lipinski definition) is 5. The van der Waals surface area contributed by atoms with Crippen LogP contribution >= 0.6 is 11.3 Å². The van der Waals surface area contributed by atoms with E-state index in [1.54, 1.807) is 29.8 Å². The highest BCUT2D eigenvalue weighted by atomic mass is 32.1. The van der Waals surface area contributed by atoms with Gasteiger partial charge in [0.2, 0.25) is 0 Å². The van der Waals surface area contributed by atoms with Gasteiger partial charge in [0.25, 0.3) is 5.91 Å². The Labute approximate surface area is 107 Å². The zero-order valence-corrected chi connectivity index (χ0v) is 10.2. The molecule has 1 amide bonds. The molecule has 6 heteroatoms. The first-order chi connectivity index (χ1) is 8.83. The number of hydrogen-bond donors (Lipinski definition) is 1. The van der Waals surface area contributed by atoms with Gasteiger partial charge in [-0.2, -0.15) is 0 Å². The van der Waals surface area contributed by atoms with E-state index in [0.717, 1.165) is 0 Å². The van der Waals surface area contributed by atoms with Crippen molar-refractivity contribution in [3.05, 3.63) is 35.3 Å². The van der Waals surface area contributed by atoms with Crippen LogP contribution in [0.1, 0.15) is 10.4 Å². The van der Waals surface area contributed by atoms with E-state index >= 15 is 0 Å². The summed E-state index contributed by atoms with van der Waals surface area (Å²) in [5, 5.41) is 5.10. The standard InChI is InChI=1S/C12H10N2O3S/c15-11(14-12-13-3-6-18-12)8-1-2-9-10(7-8)17-5-4-16-9/h1-3,6-7H,4-5H2,(H,13,14,15). The van der Waals surface area contributed by atoms with E-state index < -0.39 is 0 Å². The second kappa shape index (κ2) is 4.66. The molecule has 1 aliphatic heterocycles. The first kappa shape index (κ1) is 11.0. The van der Waals surface area contributed by atoms with E-state index in [1.165, 1.54) is 11.3 Å². The van der Waals surface area contributed by atoms with Gasteiger partial charge in [-0.1, -0.05) is 0 Å². The number of nitrogens with one attached hydrogen (secondary N) is 1. The second-order valence-corrected chi connectivity index (χ2v) is 4.54. The predicted octanol–water partition coefficient (Wildman–Crippen LogP) is 2.17. The maximum atomic E-state index is 12.0. The molecule has 0 fully saturated rings. The van der Waals surface area contributed by atoms with E-state index in [2.05, 4.69) is 10.3 Å². The third-order valence-electron chi connectivity index (χ3n) is 2.46. The average Bonchev–Trinajstić information content (AvgIpc) is 2.91. The Morgan fingerprint density at radius 2 is 2.11 bits per heavy atom. The molecule has 1 aromatic carbocycles. The van der Waals surface area contributed by atoms with Crippen LogP contribution in [0.3, 0.4) is 0 Å². The fourth-order valence-corrected chi connectivity index (χ4v) is 2.16. The Balaban J connectivity index is 1.81. The topological polar surface area (TPSA) is 60.5 Å². The Kier molecular flexibility index (Phi) is 2.85. The fraction of sp³-hybridized carbons (Fsp3) is 0.167. The molecule has 18 heavy (non-hydrogen) atoms. The van der Waals surface area contributed by atoms with Crippen LogP contribution in [-0.2, 0) is 0 Å². The SMILES string of the molecule is O=C(Nc1nccs1)c1ccc2c(c1)OCCO2. The molecule has 0 saturated carbocycles. The van der Waals surface area contributed by atoms with E-state index in [9.17, 15) is 4.79 Å². The number of nitrogens with zero attached hydrogens (tertiary/aromatic N) is 1. The minimum absolute atomic E-state index is 0.207. The van der Waals surface area contributed by atoms with E-state index in [0.29, 0.717) is 35.4 Å². The van der Waals surface area contributed by atoms with Gasteiger partial charge in [-0.15, -0.1) is 11.3 Å². The van der Waals surface area contributed by atoms with Crippen molar-refractivity contribution < 1.29 is 14.3 Å². The number of benzene rings is 1. The number of carbonyl (C=O) groups is 1. The molecule has 1 aromatic heterocycles. The maximum Gasteiger partial charge on any atom is 0.257 e. The molecule has 0 aliphatic carbocycles. The summed E-state index contributed by atoms with van der Waals surface area (Å²) >= 11 is 1.38. The maximum absolute atomic E-state index is 12.0. The Morgan fingerprint density at radius 3 is 2.89 bits per heavy atom. The summed E-state index contributed by atoms with van der Waals surface area (Å²) in [6.45, 7) is 1.04. The van der Waals surface area contributed by atoms with E-state index in [1.807, 2.05) is 0 Å². The molecule has 0 radical (unpaired) electrons. The normalized spacial score (nSPS) is 13.1. The van der Waals surface area contributed by atoms with Gasteiger partial charge >= 0.3 is 0 Å². The van der Waals surface area contributed by atoms with E-state index in [-0.39, 0.29) is 5.91 Å². The van der Waals surface area contributed by atoms with Gasteiger partial charge in [-0.05, 0) is 18.2 Å². The van der Waals surface area contributed by atoms with Crippen molar-refractivity contribution in [2.75, 3.05) is 18.5 Å². The molecule has 0 bridgehead atoms. The number of thiazole rings is 1. The smallest absolute Gasteiger partial charge is 0.257 e. The summed E-state index contributed by atoms with van der Waals surface area (Å²) in [6.07, 6.45) is 1.64. The number of ether oxygens (including phenoxy) is 2. The molecule has 0 saturated heterocycles. The van der Waals surface area contributed by atoms with Crippen molar-refractivity contribution in [2.45, 2.75) is 0 Å². The lowest BCUT2D eigenvalue weighted by molar-refractivity contribution is 0.102. The van der Waals surface area contributed by atoms with Crippen molar-refractivity contribution in [1.29, 1.82) is 0 Å². The van der Waals surface area contributed by atoms with Crippen molar-refractivity contribution in [1.82, 2.24) is 4.98 Å². The predicted molar refractivity (Wildman–Crippen MR) is 67.5 cm³/mol. The Bertz CT molecular complexity index is 569. The van der Waals surface area contributed by atoms with Crippen LogP contribution in [0, 0.1) is 0 Å². The number of anilines is 1. The molecule has 0 atom stereocenters. The van der Waals surface area contributed by atoms with Gasteiger partial charge in [0.05, 0.1) is 0 Å². The number of amides is 1. The highest BCUT2D eigenvalue weighted by molar-refractivity contribution is 7.13. The molecule has 3 rings (SSSR count). The number of rotatable bonds is 2. The molecule has 1 N–H and O–H groups in total. The van der Waals surface area contributed by atoms with Gasteiger partial charge in [-0.3, -0.25) is 10.1 Å². The van der Waals surface area contributed by atoms with Gasteiger partial charge in [0.15, 0.2) is 16.6 Å². The third kappa shape index (κ3) is 2.14. The number of aromatic nitrogens is 1. The minimum Gasteiger partial charge on any atom is -0.486 e. The summed E-state index contributed by atoms with van der Waals surface area (Å²) in [5.74, 6) is 1.07. The summed E-state index contributed by atoms with van der Waals surface area (Å²) in [6, 6.07) is 5.12. The van der Waals surface area contributed by atoms with Gasteiger partial charge in [0.1, 0.15) is 13.2 Å². The first-order valence-corrected chi connectivity index (χ1v) is 6.31. The highest BCUT2D eigenvalue weighted by Gasteiger charge is 2.15. The molecule has 2 aromatic rings. The molecule has 5 nitrogen and oxygen atoms in total. The lowest BCUT2D eigenvalue weighted by Crippen LogP contribution is -2.17. The van der Waals surface area contributed by atoms with Crippen LogP contribution in [0.4, 0.5) is 5.13 Å². The third-order valence-corrected chi connectivity index (χ3v) is 3.15. The lowest BCUT2D eigenvalue weighted by atomic mass is 10.2. The number of carbonyl (C=O) groups excluding carboxylic acids is 1. The minimum atomic E-state index is -0.207. The average molecular weight is 262 g/mol. The van der Waals surface area contributed by atoms with Crippen LogP contribution in [0.25, 0.3) is 0 Å². The van der Waals surface area contributed by atoms with Crippen molar-refractivity contribution in [3.63, 3.8) is 0 Å². The van der Waals surface area contributed by atoms with Gasteiger partial charge < -0.3 is 9.47 Å². The Morgan fingerprint density at radius 1 is 1.28 bits per heavy atom. The summed E-state index contributed by atoms with van der Waals surface area (Å²) in [5.41, 5.74) is 0.523. The summed E-state index contributed by atoms with van der Waals surface area (Å²) < 4.78 is 10.8. The number of fused-ring (bicyclic) bond motifs is 1. The fourth-order valence-electron chi connectivity index (χ4n) is 1.64. The van der Waals surface area contributed by atoms with Crippen molar-refractivity contribution in [3.8, 4) is 11.5 Å². The largest absolute Gasteiger partial charge is 0.486 e. The van der Waals surface area contributed by atoms with Gasteiger partial charge in [-0.25, -0.2) is 4.98 Å². The highest BCUT2D eigenvalue weighted by Crippen LogP contribution is 2.30. The molecular formula is C12H10N2O3S. The summed E-state index contributed by atoms with van der Waals surface area (Å²) in [4.78, 5) is 16.0. The summed E-state index contributed by atoms with van der Waals surface area (Å²) in [7, 11) is 0. The molecule has 92 valence electrons. The van der Waals surface area contributed by atoms with Crippen LogP contribution < -0.4 is 14.8 Å². The second-order valence-electron chi connectivity index (χ2n) is 3.65. The first-order valence-electron chi connectivity index (χ1n) is 5.43. The molecule has 0 unspecified atom stereocenters. The molecular weight excluding hydrogens is 252 g/mol. The van der Waals surface area contributed by atoms with Crippen LogP contribution in [0.5, 0.6) is 11.5 Å². The quantitative estimate of drug-likeness (QED) is 0.901. The van der Waals surface area contributed by atoms with Crippen molar-refractivity contribution in [2.24, 2.45) is 0 Å². The Hall–Kier alpha value is -2.08. The van der Waals surface area contributed by atoms with Crippen LogP contribution in [0.2, 0.25) is 0 Å². The zero-order chi connectivity index (χ0) is 12.4. The monoisotopic (exact) mass is 262 g/mol. The molecule has 2 heterocycles. The lowest BCUT2D eigenvalue weighted by Gasteiger charge is -2.18. The van der Waals surface area contributed by atoms with Gasteiger partial charge in [0, 0.05) is 17.1 Å².